The number of methoxy groups -OCH3 is 2. The van der Waals surface area contributed by atoms with E-state index in [0.717, 1.165) is 5.69 Å². The van der Waals surface area contributed by atoms with Gasteiger partial charge in [-0.2, -0.15) is 0 Å². The van der Waals surface area contributed by atoms with E-state index < -0.39 is 11.2 Å². The Kier molecular flexibility index (Phi) is 7.31. The number of para-hydroxylation sites is 1. The van der Waals surface area contributed by atoms with Crippen LogP contribution in [0.15, 0.2) is 69.3 Å². The summed E-state index contributed by atoms with van der Waals surface area (Å²) < 4.78 is 12.3. The lowest BCUT2D eigenvalue weighted by Gasteiger charge is -2.12. The van der Waals surface area contributed by atoms with E-state index in [2.05, 4.69) is 25.5 Å². The molecule has 35 heavy (non-hydrogen) atoms. The molecule has 0 spiro atoms. The Labute approximate surface area is 203 Å². The van der Waals surface area contributed by atoms with Crippen molar-refractivity contribution in [2.75, 3.05) is 25.3 Å². The fraction of sp³-hybridized carbons (Fsp3) is 0.174. The van der Waals surface area contributed by atoms with Crippen molar-refractivity contribution in [3.63, 3.8) is 0 Å². The minimum absolute atomic E-state index is 0.0488. The first kappa shape index (κ1) is 23.8. The minimum Gasteiger partial charge on any atom is -0.497 e. The predicted octanol–water partition coefficient (Wildman–Crippen LogP) is 1.98. The van der Waals surface area contributed by atoms with Gasteiger partial charge in [-0.25, -0.2) is 4.79 Å². The van der Waals surface area contributed by atoms with Crippen molar-refractivity contribution >= 4 is 23.4 Å². The monoisotopic (exact) mass is 494 g/mol. The first-order valence-electron chi connectivity index (χ1n) is 10.4. The van der Waals surface area contributed by atoms with Crippen LogP contribution < -0.4 is 26.0 Å². The van der Waals surface area contributed by atoms with Crippen LogP contribution in [-0.2, 0) is 11.2 Å². The third kappa shape index (κ3) is 5.79. The Balaban J connectivity index is 1.56. The summed E-state index contributed by atoms with van der Waals surface area (Å²) in [6.45, 7) is 0. The topological polar surface area (TPSA) is 144 Å². The average molecular weight is 495 g/mol. The van der Waals surface area contributed by atoms with E-state index in [9.17, 15) is 14.4 Å². The van der Waals surface area contributed by atoms with Gasteiger partial charge in [0.05, 0.1) is 25.7 Å². The fourth-order valence-electron chi connectivity index (χ4n) is 3.36. The van der Waals surface area contributed by atoms with Gasteiger partial charge < -0.3 is 19.8 Å². The average Bonchev–Trinajstić information content (AvgIpc) is 3.24. The molecule has 0 atom stereocenters. The molecular formula is C23H22N6O5S. The highest BCUT2D eigenvalue weighted by Crippen LogP contribution is 2.29. The molecule has 0 radical (unpaired) electrons. The Hall–Kier alpha value is -4.32. The summed E-state index contributed by atoms with van der Waals surface area (Å²) in [6, 6.07) is 15.8. The van der Waals surface area contributed by atoms with E-state index in [4.69, 9.17) is 9.47 Å². The van der Waals surface area contributed by atoms with Gasteiger partial charge in [0.2, 0.25) is 5.91 Å². The van der Waals surface area contributed by atoms with E-state index in [1.54, 1.807) is 29.9 Å². The predicted molar refractivity (Wildman–Crippen MR) is 131 cm³/mol. The number of ether oxygens (including phenoxy) is 2. The molecule has 180 valence electrons. The second-order valence-corrected chi connectivity index (χ2v) is 8.21. The molecule has 1 amide bonds. The van der Waals surface area contributed by atoms with Gasteiger partial charge >= 0.3 is 5.69 Å². The highest BCUT2D eigenvalue weighted by Gasteiger charge is 2.17. The number of aromatic nitrogens is 5. The highest BCUT2D eigenvalue weighted by atomic mass is 32.2. The molecule has 0 aliphatic carbocycles. The molecule has 4 aromatic rings. The van der Waals surface area contributed by atoms with Crippen LogP contribution in [0.2, 0.25) is 0 Å². The minimum atomic E-state index is -0.600. The van der Waals surface area contributed by atoms with Gasteiger partial charge in [0.15, 0.2) is 5.16 Å². The number of nitrogens with one attached hydrogen (secondary N) is 3. The summed E-state index contributed by atoms with van der Waals surface area (Å²) in [5.41, 5.74) is 0.548. The molecule has 0 aliphatic heterocycles. The van der Waals surface area contributed by atoms with E-state index >= 15 is 0 Å². The van der Waals surface area contributed by atoms with Crippen LogP contribution in [0.1, 0.15) is 11.5 Å². The largest absolute Gasteiger partial charge is 0.497 e. The molecule has 0 saturated carbocycles. The number of hydrogen-bond donors (Lipinski definition) is 3. The van der Waals surface area contributed by atoms with E-state index in [-0.39, 0.29) is 18.1 Å². The number of hydrogen-bond acceptors (Lipinski definition) is 8. The Morgan fingerprint density at radius 1 is 1.03 bits per heavy atom. The lowest BCUT2D eigenvalue weighted by Crippen LogP contribution is -2.23. The maximum atomic E-state index is 12.7. The molecule has 4 rings (SSSR count). The molecule has 3 N–H and O–H groups in total. The van der Waals surface area contributed by atoms with Crippen molar-refractivity contribution in [2.45, 2.75) is 11.6 Å². The summed E-state index contributed by atoms with van der Waals surface area (Å²) in [4.78, 5) is 40.8. The highest BCUT2D eigenvalue weighted by molar-refractivity contribution is 7.99. The molecule has 2 aromatic carbocycles. The number of amides is 1. The zero-order chi connectivity index (χ0) is 24.8. The van der Waals surface area contributed by atoms with Gasteiger partial charge in [0, 0.05) is 29.9 Å². The fourth-order valence-corrected chi connectivity index (χ4v) is 4.13. The van der Waals surface area contributed by atoms with Gasteiger partial charge in [-0.05, 0) is 24.3 Å². The number of anilines is 1. The zero-order valence-corrected chi connectivity index (χ0v) is 19.7. The summed E-state index contributed by atoms with van der Waals surface area (Å²) >= 11 is 1.20. The van der Waals surface area contributed by atoms with Gasteiger partial charge in [0.1, 0.15) is 17.3 Å². The number of benzene rings is 2. The zero-order valence-electron chi connectivity index (χ0n) is 18.9. The number of H-pyrrole nitrogens is 2. The molecule has 12 heteroatoms. The number of thioether (sulfide) groups is 1. The lowest BCUT2D eigenvalue weighted by molar-refractivity contribution is -0.113. The molecule has 0 bridgehead atoms. The molecule has 2 aromatic heterocycles. The molecular weight excluding hydrogens is 472 g/mol. The second kappa shape index (κ2) is 10.7. The second-order valence-electron chi connectivity index (χ2n) is 7.26. The number of carbonyl (C=O) groups is 1. The van der Waals surface area contributed by atoms with Crippen LogP contribution in [0, 0.1) is 0 Å². The van der Waals surface area contributed by atoms with Gasteiger partial charge in [-0.3, -0.25) is 19.1 Å². The SMILES string of the molecule is COc1ccc(OC)c(NC(=O)CSc2nnc(Cc3cc(=O)[nH]c(=O)[nH]3)n2-c2ccccc2)c1. The Morgan fingerprint density at radius 2 is 1.83 bits per heavy atom. The van der Waals surface area contributed by atoms with Crippen molar-refractivity contribution < 1.29 is 14.3 Å². The normalized spacial score (nSPS) is 10.7. The van der Waals surface area contributed by atoms with E-state index in [1.165, 1.54) is 24.9 Å². The summed E-state index contributed by atoms with van der Waals surface area (Å²) in [5.74, 6) is 1.36. The van der Waals surface area contributed by atoms with Gasteiger partial charge in [0.25, 0.3) is 5.56 Å². The smallest absolute Gasteiger partial charge is 0.325 e. The molecule has 0 unspecified atom stereocenters. The van der Waals surface area contributed by atoms with E-state index in [0.29, 0.717) is 33.9 Å². The summed E-state index contributed by atoms with van der Waals surface area (Å²) in [5, 5.41) is 11.8. The number of carbonyl (C=O) groups excluding carboxylic acids is 1. The van der Waals surface area contributed by atoms with Crippen molar-refractivity contribution in [1.82, 2.24) is 24.7 Å². The van der Waals surface area contributed by atoms with Crippen molar-refractivity contribution in [2.24, 2.45) is 0 Å². The first-order chi connectivity index (χ1) is 17.0. The molecule has 0 saturated heterocycles. The number of aromatic amines is 2. The van der Waals surface area contributed by atoms with Crippen molar-refractivity contribution in [3.05, 3.63) is 87.0 Å². The van der Waals surface area contributed by atoms with Crippen molar-refractivity contribution in [1.29, 1.82) is 0 Å². The Morgan fingerprint density at radius 3 is 2.54 bits per heavy atom. The van der Waals surface area contributed by atoms with Crippen molar-refractivity contribution in [3.8, 4) is 17.2 Å². The standard InChI is InChI=1S/C23H22N6O5S/c1-33-16-8-9-18(34-2)17(12-16)25-21(31)13-35-23-28-27-19(29(23)15-6-4-3-5-7-15)10-14-11-20(30)26-22(32)24-14/h3-9,11-12H,10,13H2,1-2H3,(H,25,31)(H2,24,26,30,32). The lowest BCUT2D eigenvalue weighted by atomic mass is 10.2. The van der Waals surface area contributed by atoms with Gasteiger partial charge in [-0.1, -0.05) is 30.0 Å². The maximum absolute atomic E-state index is 12.7. The number of nitrogens with zero attached hydrogens (tertiary/aromatic N) is 3. The van der Waals surface area contributed by atoms with Crippen LogP contribution in [-0.4, -0.2) is 50.6 Å². The maximum Gasteiger partial charge on any atom is 0.325 e. The third-order valence-electron chi connectivity index (χ3n) is 4.89. The van der Waals surface area contributed by atoms with E-state index in [1.807, 2.05) is 30.3 Å². The van der Waals surface area contributed by atoms with Crippen LogP contribution >= 0.6 is 11.8 Å². The summed E-state index contributed by atoms with van der Waals surface area (Å²) in [6.07, 6.45) is 0.162. The molecule has 0 fully saturated rings. The molecule has 0 aliphatic rings. The first-order valence-corrected chi connectivity index (χ1v) is 11.4. The van der Waals surface area contributed by atoms with Crippen LogP contribution in [0.4, 0.5) is 5.69 Å². The Bertz CT molecular complexity index is 1420. The molecule has 11 nitrogen and oxygen atoms in total. The van der Waals surface area contributed by atoms with Gasteiger partial charge in [-0.15, -0.1) is 10.2 Å². The number of rotatable bonds is 9. The van der Waals surface area contributed by atoms with Crippen LogP contribution in [0.3, 0.4) is 0 Å². The summed E-state index contributed by atoms with van der Waals surface area (Å²) in [7, 11) is 3.06. The third-order valence-corrected chi connectivity index (χ3v) is 5.82. The van der Waals surface area contributed by atoms with Crippen LogP contribution in [0.5, 0.6) is 11.5 Å². The van der Waals surface area contributed by atoms with Crippen LogP contribution in [0.25, 0.3) is 5.69 Å². The molecule has 2 heterocycles. The quantitative estimate of drug-likeness (QED) is 0.300.